The van der Waals surface area contributed by atoms with Crippen molar-refractivity contribution in [1.29, 1.82) is 0 Å². The number of pyridine rings is 1. The van der Waals surface area contributed by atoms with E-state index in [1.54, 1.807) is 6.20 Å². The van der Waals surface area contributed by atoms with Crippen molar-refractivity contribution in [1.82, 2.24) is 4.98 Å². The smallest absolute Gasteiger partial charge is 0.228 e. The number of nitrogens with zero attached hydrogens (tertiary/aromatic N) is 1. The molecule has 0 radical (unpaired) electrons. The van der Waals surface area contributed by atoms with Gasteiger partial charge in [0, 0.05) is 24.0 Å². The Morgan fingerprint density at radius 1 is 1.27 bits per heavy atom. The lowest BCUT2D eigenvalue weighted by atomic mass is 10.1. The van der Waals surface area contributed by atoms with Gasteiger partial charge >= 0.3 is 0 Å². The second-order valence-corrected chi connectivity index (χ2v) is 6.02. The van der Waals surface area contributed by atoms with E-state index in [0.717, 1.165) is 24.1 Å². The fourth-order valence-electron chi connectivity index (χ4n) is 2.82. The molecule has 0 bridgehead atoms. The molecule has 3 heteroatoms. The molecule has 1 fully saturated rings. The molecule has 0 spiro atoms. The van der Waals surface area contributed by atoms with Gasteiger partial charge in [0.05, 0.1) is 0 Å². The van der Waals surface area contributed by atoms with E-state index in [4.69, 9.17) is 0 Å². The van der Waals surface area contributed by atoms with Gasteiger partial charge in [0.1, 0.15) is 0 Å². The first-order valence-electron chi connectivity index (χ1n) is 8.07. The van der Waals surface area contributed by atoms with Crippen LogP contribution in [-0.4, -0.2) is 10.9 Å². The third-order valence-electron chi connectivity index (χ3n) is 4.28. The largest absolute Gasteiger partial charge is 0.326 e. The van der Waals surface area contributed by atoms with Crippen LogP contribution < -0.4 is 5.32 Å². The molecule has 22 heavy (non-hydrogen) atoms. The van der Waals surface area contributed by atoms with Crippen molar-refractivity contribution in [2.45, 2.75) is 38.5 Å². The highest BCUT2D eigenvalue weighted by atomic mass is 16.2. The second-order valence-electron chi connectivity index (χ2n) is 6.02. The number of benzene rings is 1. The fourth-order valence-corrected chi connectivity index (χ4v) is 2.82. The summed E-state index contributed by atoms with van der Waals surface area (Å²) in [5.41, 5.74) is 3.39. The molecule has 0 aliphatic heterocycles. The molecule has 3 rings (SSSR count). The van der Waals surface area contributed by atoms with E-state index in [2.05, 4.69) is 29.4 Å². The Labute approximate surface area is 131 Å². The van der Waals surface area contributed by atoms with E-state index < -0.39 is 0 Å². The summed E-state index contributed by atoms with van der Waals surface area (Å²) in [6, 6.07) is 12.2. The van der Waals surface area contributed by atoms with Crippen molar-refractivity contribution in [3.8, 4) is 0 Å². The van der Waals surface area contributed by atoms with E-state index in [1.807, 2.05) is 30.5 Å². The molecule has 3 nitrogen and oxygen atoms in total. The van der Waals surface area contributed by atoms with Crippen molar-refractivity contribution in [3.63, 3.8) is 0 Å². The van der Waals surface area contributed by atoms with Gasteiger partial charge in [0.15, 0.2) is 0 Å². The Morgan fingerprint density at radius 2 is 2.09 bits per heavy atom. The Bertz CT molecular complexity index is 622. The lowest BCUT2D eigenvalue weighted by Gasteiger charge is -2.06. The molecule has 1 heterocycles. The Hall–Kier alpha value is -2.16. The maximum Gasteiger partial charge on any atom is 0.228 e. The van der Waals surface area contributed by atoms with Crippen molar-refractivity contribution in [2.75, 3.05) is 5.32 Å². The molecule has 2 atom stereocenters. The maximum atomic E-state index is 12.3. The van der Waals surface area contributed by atoms with Gasteiger partial charge in [-0.15, -0.1) is 0 Å². The van der Waals surface area contributed by atoms with Gasteiger partial charge in [-0.3, -0.25) is 9.78 Å². The maximum absolute atomic E-state index is 12.3. The summed E-state index contributed by atoms with van der Waals surface area (Å²) in [5.74, 6) is 0.539. The second kappa shape index (κ2) is 6.73. The van der Waals surface area contributed by atoms with Crippen molar-refractivity contribution >= 4 is 11.6 Å². The Kier molecular flexibility index (Phi) is 4.52. The number of aryl methyl sites for hydroxylation is 1. The standard InChI is InChI=1S/C19H22N2O/c1-2-3-5-14-7-9-16(10-8-14)21-19(22)18-12-17(18)15-6-4-11-20-13-15/h4,6-11,13,17-18H,2-3,5,12H2,1H3,(H,21,22)/t17-,18-/m1/s1. The number of nitrogens with one attached hydrogen (secondary N) is 1. The van der Waals surface area contributed by atoms with Gasteiger partial charge in [-0.1, -0.05) is 31.5 Å². The summed E-state index contributed by atoms with van der Waals surface area (Å²) >= 11 is 0. The monoisotopic (exact) mass is 294 g/mol. The van der Waals surface area contributed by atoms with Gasteiger partial charge in [0.25, 0.3) is 0 Å². The van der Waals surface area contributed by atoms with E-state index >= 15 is 0 Å². The number of amides is 1. The molecule has 1 aliphatic rings. The molecule has 1 amide bonds. The number of carbonyl (C=O) groups excluding carboxylic acids is 1. The molecule has 0 saturated heterocycles. The highest BCUT2D eigenvalue weighted by molar-refractivity contribution is 5.95. The first-order chi connectivity index (χ1) is 10.8. The van der Waals surface area contributed by atoms with Crippen LogP contribution in [0.5, 0.6) is 0 Å². The average molecular weight is 294 g/mol. The summed E-state index contributed by atoms with van der Waals surface area (Å²) in [4.78, 5) is 16.4. The minimum atomic E-state index is 0.0870. The van der Waals surface area contributed by atoms with Crippen LogP contribution >= 0.6 is 0 Å². The normalized spacial score (nSPS) is 19.7. The average Bonchev–Trinajstić information content (AvgIpc) is 3.36. The predicted octanol–water partition coefficient (Wildman–Crippen LogP) is 4.17. The Balaban J connectivity index is 1.54. The lowest BCUT2D eigenvalue weighted by molar-refractivity contribution is -0.117. The molecule has 1 aromatic carbocycles. The van der Waals surface area contributed by atoms with Gasteiger partial charge < -0.3 is 5.32 Å². The quantitative estimate of drug-likeness (QED) is 0.869. The summed E-state index contributed by atoms with van der Waals surface area (Å²) in [6.07, 6.45) is 8.07. The number of aromatic nitrogens is 1. The molecular formula is C19H22N2O. The number of hydrogen-bond acceptors (Lipinski definition) is 2. The minimum absolute atomic E-state index is 0.0870. The van der Waals surface area contributed by atoms with Gasteiger partial charge in [0.2, 0.25) is 5.91 Å². The highest BCUT2D eigenvalue weighted by Gasteiger charge is 2.44. The van der Waals surface area contributed by atoms with Gasteiger partial charge in [-0.25, -0.2) is 0 Å². The van der Waals surface area contributed by atoms with Crippen LogP contribution in [0.1, 0.15) is 43.2 Å². The molecule has 114 valence electrons. The zero-order valence-corrected chi connectivity index (χ0v) is 13.0. The van der Waals surface area contributed by atoms with Crippen LogP contribution in [0.2, 0.25) is 0 Å². The topological polar surface area (TPSA) is 42.0 Å². The zero-order chi connectivity index (χ0) is 15.4. The first-order valence-corrected chi connectivity index (χ1v) is 8.07. The van der Waals surface area contributed by atoms with Crippen LogP contribution in [0.25, 0.3) is 0 Å². The highest BCUT2D eigenvalue weighted by Crippen LogP contribution is 2.47. The van der Waals surface area contributed by atoms with E-state index in [9.17, 15) is 4.79 Å². The third kappa shape index (κ3) is 3.53. The summed E-state index contributed by atoms with van der Waals surface area (Å²) < 4.78 is 0. The summed E-state index contributed by atoms with van der Waals surface area (Å²) in [6.45, 7) is 2.20. The summed E-state index contributed by atoms with van der Waals surface area (Å²) in [5, 5.41) is 3.03. The van der Waals surface area contributed by atoms with Crippen molar-refractivity contribution in [2.24, 2.45) is 5.92 Å². The number of hydrogen-bond donors (Lipinski definition) is 1. The third-order valence-corrected chi connectivity index (χ3v) is 4.28. The van der Waals surface area contributed by atoms with Gasteiger partial charge in [-0.2, -0.15) is 0 Å². The van der Waals surface area contributed by atoms with Gasteiger partial charge in [-0.05, 0) is 54.5 Å². The van der Waals surface area contributed by atoms with Crippen molar-refractivity contribution < 1.29 is 4.79 Å². The SMILES string of the molecule is CCCCc1ccc(NC(=O)[C@@H]2C[C@@H]2c2cccnc2)cc1. The molecule has 2 aromatic rings. The minimum Gasteiger partial charge on any atom is -0.326 e. The molecule has 1 saturated carbocycles. The van der Waals surface area contributed by atoms with E-state index in [0.29, 0.717) is 5.92 Å². The number of carbonyl (C=O) groups is 1. The van der Waals surface area contributed by atoms with Crippen molar-refractivity contribution in [3.05, 3.63) is 59.9 Å². The first kappa shape index (κ1) is 14.8. The van der Waals surface area contributed by atoms with Crippen LogP contribution in [0, 0.1) is 5.92 Å². The predicted molar refractivity (Wildman–Crippen MR) is 88.8 cm³/mol. The molecule has 1 aromatic heterocycles. The Morgan fingerprint density at radius 3 is 2.77 bits per heavy atom. The molecule has 1 aliphatic carbocycles. The zero-order valence-electron chi connectivity index (χ0n) is 13.0. The van der Waals surface area contributed by atoms with E-state index in [-0.39, 0.29) is 11.8 Å². The molecule has 1 N–H and O–H groups in total. The molecule has 0 unspecified atom stereocenters. The van der Waals surface area contributed by atoms with E-state index in [1.165, 1.54) is 18.4 Å². The van der Waals surface area contributed by atoms with Crippen LogP contribution in [-0.2, 0) is 11.2 Å². The lowest BCUT2D eigenvalue weighted by Crippen LogP contribution is -2.14. The van der Waals surface area contributed by atoms with Crippen LogP contribution in [0.3, 0.4) is 0 Å². The van der Waals surface area contributed by atoms with Crippen LogP contribution in [0.4, 0.5) is 5.69 Å². The number of anilines is 1. The molecular weight excluding hydrogens is 272 g/mol. The summed E-state index contributed by atoms with van der Waals surface area (Å²) in [7, 11) is 0. The van der Waals surface area contributed by atoms with Crippen LogP contribution in [0.15, 0.2) is 48.8 Å². The fraction of sp³-hybridized carbons (Fsp3) is 0.368. The number of rotatable bonds is 6. The number of unbranched alkanes of at least 4 members (excludes halogenated alkanes) is 1.